The van der Waals surface area contributed by atoms with Crippen molar-refractivity contribution in [2.24, 2.45) is 0 Å². The third-order valence-electron chi connectivity index (χ3n) is 6.56. The van der Waals surface area contributed by atoms with Crippen LogP contribution in [-0.4, -0.2) is 15.1 Å². The minimum atomic E-state index is 0. The quantitative estimate of drug-likeness (QED) is 0.170. The van der Waals surface area contributed by atoms with Crippen molar-refractivity contribution in [2.75, 3.05) is 4.90 Å². The zero-order valence-electron chi connectivity index (χ0n) is 21.6. The second kappa shape index (κ2) is 12.5. The molecule has 2 aromatic heterocycles. The van der Waals surface area contributed by atoms with Gasteiger partial charge in [0.1, 0.15) is 11.6 Å². The molecule has 0 radical (unpaired) electrons. The number of phenols is 1. The largest absolute Gasteiger partial charge is 0.507 e. The molecule has 6 aromatic rings. The number of aromatic nitrogens is 2. The Morgan fingerprint density at radius 3 is 2.15 bits per heavy atom. The number of hydrogen-bond acceptors (Lipinski definition) is 4. The van der Waals surface area contributed by atoms with E-state index < -0.39 is 0 Å². The van der Waals surface area contributed by atoms with Gasteiger partial charge in [0.15, 0.2) is 0 Å². The SMILES string of the molecule is Oc1ccccc1-c1ccc(Cc2ccccc2)c(-c2[c-]c(N(c3ccccc3)c3ccccn3)ccc2)n1.[Pt]. The molecule has 0 bridgehead atoms. The summed E-state index contributed by atoms with van der Waals surface area (Å²) in [5.41, 5.74) is 7.24. The Hall–Kier alpha value is -4.53. The standard InChI is InChI=1S/C35H26N3O.Pt/c39-33-19-8-7-18-31(33)32-22-21-28(24-26-12-3-1-4-13-26)35(37-32)27-14-11-17-30(25-27)38(29-15-5-2-6-16-29)34-20-9-10-23-36-34;/h1-23,39H,24H2;/q-1;. The molecular formula is C35H26N3OPt-. The molecule has 0 unspecified atom stereocenters. The zero-order chi connectivity index (χ0) is 26.4. The van der Waals surface area contributed by atoms with Crippen molar-refractivity contribution in [1.29, 1.82) is 0 Å². The van der Waals surface area contributed by atoms with E-state index in [4.69, 9.17) is 4.98 Å². The third-order valence-corrected chi connectivity index (χ3v) is 6.56. The van der Waals surface area contributed by atoms with Gasteiger partial charge in [-0.25, -0.2) is 4.98 Å². The number of nitrogens with zero attached hydrogens (tertiary/aromatic N) is 3. The van der Waals surface area contributed by atoms with Crippen molar-refractivity contribution in [3.63, 3.8) is 0 Å². The van der Waals surface area contributed by atoms with E-state index in [0.717, 1.165) is 40.4 Å². The van der Waals surface area contributed by atoms with E-state index in [1.54, 1.807) is 12.3 Å². The summed E-state index contributed by atoms with van der Waals surface area (Å²) in [6.07, 6.45) is 2.52. The van der Waals surface area contributed by atoms with Crippen LogP contribution in [0.5, 0.6) is 5.75 Å². The fourth-order valence-electron chi connectivity index (χ4n) is 4.70. The van der Waals surface area contributed by atoms with Gasteiger partial charge in [0.05, 0.1) is 5.69 Å². The first kappa shape index (κ1) is 27.1. The maximum atomic E-state index is 10.5. The topological polar surface area (TPSA) is 49.2 Å². The fraction of sp³-hybridized carbons (Fsp3) is 0.0286. The van der Waals surface area contributed by atoms with E-state index in [2.05, 4.69) is 58.4 Å². The number of pyridine rings is 2. The van der Waals surface area contributed by atoms with Gasteiger partial charge in [-0.2, -0.15) is 0 Å². The molecule has 2 heterocycles. The van der Waals surface area contributed by atoms with Crippen molar-refractivity contribution >= 4 is 17.2 Å². The molecule has 1 N–H and O–H groups in total. The van der Waals surface area contributed by atoms with Gasteiger partial charge in [-0.15, -0.1) is 29.8 Å². The molecular weight excluding hydrogens is 673 g/mol. The van der Waals surface area contributed by atoms with Gasteiger partial charge >= 0.3 is 0 Å². The van der Waals surface area contributed by atoms with E-state index in [1.807, 2.05) is 84.9 Å². The van der Waals surface area contributed by atoms with Gasteiger partial charge in [-0.05, 0) is 65.8 Å². The van der Waals surface area contributed by atoms with Crippen molar-refractivity contribution in [1.82, 2.24) is 9.97 Å². The molecule has 0 saturated carbocycles. The fourth-order valence-corrected chi connectivity index (χ4v) is 4.70. The Bertz CT molecular complexity index is 1650. The average Bonchev–Trinajstić information content (AvgIpc) is 3.00. The van der Waals surface area contributed by atoms with Crippen LogP contribution in [0, 0.1) is 6.07 Å². The normalized spacial score (nSPS) is 10.5. The van der Waals surface area contributed by atoms with E-state index in [-0.39, 0.29) is 26.8 Å². The maximum Gasteiger partial charge on any atom is 0.136 e. The summed E-state index contributed by atoms with van der Waals surface area (Å²) in [4.78, 5) is 11.8. The molecule has 40 heavy (non-hydrogen) atoms. The van der Waals surface area contributed by atoms with Gasteiger partial charge in [-0.3, -0.25) is 4.98 Å². The Morgan fingerprint density at radius 2 is 1.40 bits per heavy atom. The number of hydrogen-bond donors (Lipinski definition) is 1. The molecule has 4 aromatic carbocycles. The first-order valence-corrected chi connectivity index (χ1v) is 12.9. The summed E-state index contributed by atoms with van der Waals surface area (Å²) >= 11 is 0. The first-order chi connectivity index (χ1) is 19.3. The van der Waals surface area contributed by atoms with E-state index in [0.29, 0.717) is 11.3 Å². The summed E-state index contributed by atoms with van der Waals surface area (Å²) in [5.74, 6) is 1.01. The number of phenolic OH excluding ortho intramolecular Hbond substituents is 1. The Kier molecular flexibility index (Phi) is 8.49. The summed E-state index contributed by atoms with van der Waals surface area (Å²) in [7, 11) is 0. The van der Waals surface area contributed by atoms with E-state index in [9.17, 15) is 5.11 Å². The third kappa shape index (κ3) is 5.88. The number of benzene rings is 4. The second-order valence-corrected chi connectivity index (χ2v) is 9.19. The van der Waals surface area contributed by atoms with Gasteiger partial charge in [0.25, 0.3) is 0 Å². The molecule has 0 aliphatic rings. The van der Waals surface area contributed by atoms with Crippen molar-refractivity contribution < 1.29 is 26.2 Å². The van der Waals surface area contributed by atoms with Gasteiger partial charge < -0.3 is 10.0 Å². The Balaban J connectivity index is 0.00000323. The summed E-state index contributed by atoms with van der Waals surface area (Å²) in [6.45, 7) is 0. The molecule has 4 nitrogen and oxygen atoms in total. The number of anilines is 3. The number of rotatable bonds is 7. The zero-order valence-corrected chi connectivity index (χ0v) is 23.9. The van der Waals surface area contributed by atoms with E-state index >= 15 is 0 Å². The molecule has 5 heteroatoms. The predicted octanol–water partition coefficient (Wildman–Crippen LogP) is 8.37. The summed E-state index contributed by atoms with van der Waals surface area (Å²) in [6, 6.07) is 47.5. The van der Waals surface area contributed by atoms with Crippen LogP contribution in [0.4, 0.5) is 17.2 Å². The van der Waals surface area contributed by atoms with Crippen molar-refractivity contribution in [3.05, 3.63) is 157 Å². The van der Waals surface area contributed by atoms with Crippen molar-refractivity contribution in [3.8, 4) is 28.3 Å². The Labute approximate surface area is 248 Å². The molecule has 0 amide bonds. The van der Waals surface area contributed by atoms with Gasteiger partial charge in [0, 0.05) is 38.5 Å². The molecule has 0 fully saturated rings. The van der Waals surface area contributed by atoms with Crippen molar-refractivity contribution in [2.45, 2.75) is 6.42 Å². The Morgan fingerprint density at radius 1 is 0.675 bits per heavy atom. The summed E-state index contributed by atoms with van der Waals surface area (Å²) in [5, 5.41) is 10.5. The van der Waals surface area contributed by atoms with E-state index in [1.165, 1.54) is 5.56 Å². The molecule has 0 aliphatic carbocycles. The van der Waals surface area contributed by atoms with Crippen LogP contribution >= 0.6 is 0 Å². The van der Waals surface area contributed by atoms with Crippen LogP contribution in [0.25, 0.3) is 22.5 Å². The average molecular weight is 700 g/mol. The number of para-hydroxylation sites is 2. The predicted molar refractivity (Wildman–Crippen MR) is 157 cm³/mol. The van der Waals surface area contributed by atoms with Crippen LogP contribution in [0.1, 0.15) is 11.1 Å². The molecule has 6 rings (SSSR count). The minimum absolute atomic E-state index is 0. The van der Waals surface area contributed by atoms with Crippen LogP contribution in [0.2, 0.25) is 0 Å². The van der Waals surface area contributed by atoms with Gasteiger partial charge in [-0.1, -0.05) is 78.4 Å². The van der Waals surface area contributed by atoms with Gasteiger partial charge in [0.2, 0.25) is 0 Å². The first-order valence-electron chi connectivity index (χ1n) is 12.9. The molecule has 0 aliphatic heterocycles. The van der Waals surface area contributed by atoms with Crippen LogP contribution in [0.3, 0.4) is 0 Å². The van der Waals surface area contributed by atoms with Crippen LogP contribution < -0.4 is 4.90 Å². The van der Waals surface area contributed by atoms with Crippen LogP contribution in [0.15, 0.2) is 140 Å². The number of aromatic hydroxyl groups is 1. The molecule has 198 valence electrons. The van der Waals surface area contributed by atoms with Crippen LogP contribution in [-0.2, 0) is 27.5 Å². The molecule has 0 spiro atoms. The monoisotopic (exact) mass is 699 g/mol. The smallest absolute Gasteiger partial charge is 0.136 e. The molecule has 0 saturated heterocycles. The summed E-state index contributed by atoms with van der Waals surface area (Å²) < 4.78 is 0. The minimum Gasteiger partial charge on any atom is -0.507 e. The molecule has 0 atom stereocenters. The maximum absolute atomic E-state index is 10.5. The second-order valence-electron chi connectivity index (χ2n) is 9.19.